The van der Waals surface area contributed by atoms with E-state index in [2.05, 4.69) is 18.7 Å². The number of hydrogen-bond donors (Lipinski definition) is 0. The molecule has 0 amide bonds. The number of unbranched alkanes of at least 4 members (excludes halogenated alkanes) is 9. The van der Waals surface area contributed by atoms with Crippen LogP contribution in [0.3, 0.4) is 0 Å². The van der Waals surface area contributed by atoms with Crippen LogP contribution in [0.4, 0.5) is 0 Å². The molecule has 0 aromatic carbocycles. The van der Waals surface area contributed by atoms with Crippen LogP contribution >= 0.6 is 0 Å². The molecule has 0 aliphatic rings. The van der Waals surface area contributed by atoms with Gasteiger partial charge in [-0.1, -0.05) is 71.6 Å². The number of rotatable bonds is 15. The second-order valence-corrected chi connectivity index (χ2v) is 9.60. The Bertz CT molecular complexity index is 341. The first-order valence-electron chi connectivity index (χ1n) is 11.7. The van der Waals surface area contributed by atoms with Crippen LogP contribution in [-0.4, -0.2) is 23.8 Å². The van der Waals surface area contributed by atoms with Crippen LogP contribution in [0.15, 0.2) is 0 Å². The summed E-state index contributed by atoms with van der Waals surface area (Å²) in [4.78, 5) is 31.0. The first-order valence-corrected chi connectivity index (χ1v) is 11.7. The van der Waals surface area contributed by atoms with Gasteiger partial charge in [-0.25, -0.2) is 14.6 Å². The third-order valence-electron chi connectivity index (χ3n) is 3.76. The molecule has 0 rings (SSSR count). The van der Waals surface area contributed by atoms with Gasteiger partial charge >= 0.3 is 5.97 Å². The van der Waals surface area contributed by atoms with Gasteiger partial charge < -0.3 is 0 Å². The van der Waals surface area contributed by atoms with Gasteiger partial charge in [0.05, 0.1) is 17.8 Å². The molecule has 29 heavy (non-hydrogen) atoms. The molecule has 5 nitrogen and oxygen atoms in total. The summed E-state index contributed by atoms with van der Waals surface area (Å²) in [5, 5.41) is 0. The molecule has 0 aromatic heterocycles. The minimum atomic E-state index is -0.223. The molecule has 0 heterocycles. The molecule has 0 bridgehead atoms. The van der Waals surface area contributed by atoms with Gasteiger partial charge in [0.2, 0.25) is 0 Å². The monoisotopic (exact) mass is 418 g/mol. The largest absolute Gasteiger partial charge is 0.342 e. The highest BCUT2D eigenvalue weighted by molar-refractivity contribution is 5.68. The molecule has 0 aliphatic heterocycles. The zero-order valence-corrected chi connectivity index (χ0v) is 20.7. The quantitative estimate of drug-likeness (QED) is 0.155. The molecule has 5 heteroatoms. The Balaban J connectivity index is 0. The third kappa shape index (κ3) is 32.2. The average Bonchev–Trinajstić information content (AvgIpc) is 2.62. The van der Waals surface area contributed by atoms with Crippen LogP contribution < -0.4 is 0 Å². The Labute approximate surface area is 181 Å². The van der Waals surface area contributed by atoms with E-state index >= 15 is 0 Å². The van der Waals surface area contributed by atoms with Crippen LogP contribution in [0.1, 0.15) is 132 Å². The maximum absolute atomic E-state index is 11.3. The fraction of sp³-hybridized carbons (Fsp3) is 0.958. The zero-order valence-electron chi connectivity index (χ0n) is 20.7. The maximum atomic E-state index is 11.3. The topological polar surface area (TPSA) is 54.0 Å². The Kier molecular flexibility index (Phi) is 20.3. The standard InChI is InChI=1S/C16H32O3.C8H18O2/c1-3-5-7-8-9-10-11-12-13-14-16(17)19-18-15-6-4-2;1-7(2,3)9-10-8(4,5)6/h3-15H2,1-2H3;1-6H3. The lowest BCUT2D eigenvalue weighted by atomic mass is 10.1. The van der Waals surface area contributed by atoms with E-state index in [4.69, 9.17) is 14.7 Å². The van der Waals surface area contributed by atoms with E-state index in [0.29, 0.717) is 13.0 Å². The fourth-order valence-corrected chi connectivity index (χ4v) is 2.18. The van der Waals surface area contributed by atoms with Crippen molar-refractivity contribution in [2.45, 2.75) is 144 Å². The Morgan fingerprint density at radius 3 is 1.45 bits per heavy atom. The summed E-state index contributed by atoms with van der Waals surface area (Å²) in [5.41, 5.74) is -0.430. The van der Waals surface area contributed by atoms with Crippen molar-refractivity contribution in [1.82, 2.24) is 0 Å². The van der Waals surface area contributed by atoms with E-state index < -0.39 is 0 Å². The van der Waals surface area contributed by atoms with Gasteiger partial charge in [-0.05, 0) is 54.4 Å². The van der Waals surface area contributed by atoms with Crippen molar-refractivity contribution in [3.05, 3.63) is 0 Å². The van der Waals surface area contributed by atoms with Gasteiger partial charge in [0, 0.05) is 6.42 Å². The first-order chi connectivity index (χ1) is 13.5. The van der Waals surface area contributed by atoms with Crippen LogP contribution in [0.5, 0.6) is 0 Å². The summed E-state index contributed by atoms with van der Waals surface area (Å²) in [6.07, 6.45) is 13.8. The molecule has 176 valence electrons. The molecule has 0 saturated carbocycles. The minimum Gasteiger partial charge on any atom is -0.298 e. The summed E-state index contributed by atoms with van der Waals surface area (Å²) in [5.74, 6) is -0.223. The van der Waals surface area contributed by atoms with Crippen molar-refractivity contribution in [3.63, 3.8) is 0 Å². The number of carbonyl (C=O) groups is 1. The van der Waals surface area contributed by atoms with Gasteiger partial charge in [-0.3, -0.25) is 4.89 Å². The van der Waals surface area contributed by atoms with Crippen molar-refractivity contribution in [2.24, 2.45) is 0 Å². The SMILES string of the molecule is CC(C)(C)OOC(C)(C)C.CCCCCCCCCCCC(=O)OOCCCC. The summed E-state index contributed by atoms with van der Waals surface area (Å²) >= 11 is 0. The highest BCUT2D eigenvalue weighted by Crippen LogP contribution is 2.14. The molecule has 0 aromatic rings. The molecule has 0 fully saturated rings. The van der Waals surface area contributed by atoms with Gasteiger partial charge in [-0.15, -0.1) is 0 Å². The zero-order chi connectivity index (χ0) is 22.6. The smallest absolute Gasteiger partial charge is 0.298 e. The average molecular weight is 419 g/mol. The normalized spacial score (nSPS) is 11.7. The Hall–Kier alpha value is -0.650. The van der Waals surface area contributed by atoms with E-state index in [-0.39, 0.29) is 17.2 Å². The summed E-state index contributed by atoms with van der Waals surface area (Å²) in [6.45, 7) is 16.6. The number of hydrogen-bond acceptors (Lipinski definition) is 5. The molecular formula is C24H50O5. The van der Waals surface area contributed by atoms with Crippen molar-refractivity contribution in [1.29, 1.82) is 0 Å². The van der Waals surface area contributed by atoms with E-state index in [1.165, 1.54) is 44.9 Å². The van der Waals surface area contributed by atoms with E-state index in [1.54, 1.807) is 0 Å². The summed E-state index contributed by atoms with van der Waals surface area (Å²) in [6, 6.07) is 0. The van der Waals surface area contributed by atoms with Crippen LogP contribution in [0.2, 0.25) is 0 Å². The maximum Gasteiger partial charge on any atom is 0.342 e. The molecule has 0 aliphatic carbocycles. The lowest BCUT2D eigenvalue weighted by Crippen LogP contribution is -2.27. The molecule has 0 atom stereocenters. The van der Waals surface area contributed by atoms with Crippen molar-refractivity contribution in [3.8, 4) is 0 Å². The predicted octanol–water partition coefficient (Wildman–Crippen LogP) is 7.71. The van der Waals surface area contributed by atoms with E-state index in [9.17, 15) is 4.79 Å². The van der Waals surface area contributed by atoms with Gasteiger partial charge in [-0.2, -0.15) is 4.89 Å². The second-order valence-electron chi connectivity index (χ2n) is 9.60. The highest BCUT2D eigenvalue weighted by atomic mass is 17.2. The highest BCUT2D eigenvalue weighted by Gasteiger charge is 2.18. The van der Waals surface area contributed by atoms with Crippen molar-refractivity contribution >= 4 is 5.97 Å². The molecule has 0 N–H and O–H groups in total. The van der Waals surface area contributed by atoms with Crippen molar-refractivity contribution in [2.75, 3.05) is 6.61 Å². The fourth-order valence-electron chi connectivity index (χ4n) is 2.18. The third-order valence-corrected chi connectivity index (χ3v) is 3.76. The molecular weight excluding hydrogens is 368 g/mol. The van der Waals surface area contributed by atoms with Gasteiger partial charge in [0.1, 0.15) is 0 Å². The van der Waals surface area contributed by atoms with Crippen molar-refractivity contribution < 1.29 is 24.3 Å². The van der Waals surface area contributed by atoms with E-state index in [0.717, 1.165) is 25.7 Å². The predicted molar refractivity (Wildman–Crippen MR) is 120 cm³/mol. The first kappa shape index (κ1) is 30.5. The molecule has 0 radical (unpaired) electrons. The Morgan fingerprint density at radius 2 is 1.03 bits per heavy atom. The lowest BCUT2D eigenvalue weighted by molar-refractivity contribution is -0.393. The second kappa shape index (κ2) is 19.3. The molecule has 0 spiro atoms. The summed E-state index contributed by atoms with van der Waals surface area (Å²) < 4.78 is 0. The van der Waals surface area contributed by atoms with Gasteiger partial charge in [0.25, 0.3) is 0 Å². The van der Waals surface area contributed by atoms with Crippen LogP contribution in [0, 0.1) is 0 Å². The minimum absolute atomic E-state index is 0.215. The van der Waals surface area contributed by atoms with Crippen LogP contribution in [-0.2, 0) is 24.3 Å². The van der Waals surface area contributed by atoms with Crippen LogP contribution in [0.25, 0.3) is 0 Å². The number of carbonyl (C=O) groups excluding carboxylic acids is 1. The molecule has 0 unspecified atom stereocenters. The summed E-state index contributed by atoms with van der Waals surface area (Å²) in [7, 11) is 0. The van der Waals surface area contributed by atoms with Gasteiger partial charge in [0.15, 0.2) is 0 Å². The molecule has 0 saturated heterocycles. The Morgan fingerprint density at radius 1 is 0.621 bits per heavy atom. The lowest BCUT2D eigenvalue weighted by Gasteiger charge is -2.24. The van der Waals surface area contributed by atoms with E-state index in [1.807, 2.05) is 41.5 Å².